The maximum atomic E-state index is 4.52. The molecule has 2 aromatic heterocycles. The van der Waals surface area contributed by atoms with E-state index in [4.69, 9.17) is 0 Å². The minimum absolute atomic E-state index is 0. The van der Waals surface area contributed by atoms with Gasteiger partial charge in [-0.05, 0) is 35.9 Å². The van der Waals surface area contributed by atoms with Gasteiger partial charge in [-0.1, -0.05) is 30.3 Å². The molecule has 160 valence electrons. The molecular formula is C22H29IN6S. The van der Waals surface area contributed by atoms with Crippen molar-refractivity contribution in [2.24, 2.45) is 4.99 Å². The molecule has 0 atom stereocenters. The van der Waals surface area contributed by atoms with Crippen LogP contribution in [0.25, 0.3) is 0 Å². The zero-order valence-electron chi connectivity index (χ0n) is 17.2. The van der Waals surface area contributed by atoms with Crippen LogP contribution in [0.2, 0.25) is 0 Å². The summed E-state index contributed by atoms with van der Waals surface area (Å²) in [5.74, 6) is 1.85. The molecule has 6 nitrogen and oxygen atoms in total. The van der Waals surface area contributed by atoms with Crippen LogP contribution < -0.4 is 15.5 Å². The van der Waals surface area contributed by atoms with Crippen molar-refractivity contribution < 1.29 is 0 Å². The number of hydrogen-bond acceptors (Lipinski definition) is 4. The van der Waals surface area contributed by atoms with Gasteiger partial charge in [0.05, 0.1) is 11.5 Å². The number of thiophene rings is 1. The lowest BCUT2D eigenvalue weighted by atomic mass is 10.1. The number of rotatable bonds is 6. The normalized spacial score (nSPS) is 15.0. The number of halogens is 1. The first-order valence-corrected chi connectivity index (χ1v) is 11.0. The second-order valence-electron chi connectivity index (χ2n) is 7.24. The number of guanidine groups is 1. The fourth-order valence-electron chi connectivity index (χ4n) is 3.68. The van der Waals surface area contributed by atoms with Gasteiger partial charge in [0.2, 0.25) is 0 Å². The molecule has 4 rings (SSSR count). The van der Waals surface area contributed by atoms with Crippen molar-refractivity contribution in [3.63, 3.8) is 0 Å². The Morgan fingerprint density at radius 3 is 2.67 bits per heavy atom. The molecule has 1 aromatic carbocycles. The van der Waals surface area contributed by atoms with E-state index in [1.807, 2.05) is 36.8 Å². The Morgan fingerprint density at radius 2 is 1.97 bits per heavy atom. The quantitative estimate of drug-likeness (QED) is 0.285. The van der Waals surface area contributed by atoms with Gasteiger partial charge in [-0.25, -0.2) is 4.98 Å². The third-order valence-electron chi connectivity index (χ3n) is 5.29. The summed E-state index contributed by atoms with van der Waals surface area (Å²) >= 11 is 1.82. The molecule has 30 heavy (non-hydrogen) atoms. The lowest BCUT2D eigenvalue weighted by Crippen LogP contribution is -2.48. The minimum Gasteiger partial charge on any atom is -0.363 e. The largest absolute Gasteiger partial charge is 0.363 e. The van der Waals surface area contributed by atoms with Crippen molar-refractivity contribution in [3.05, 3.63) is 71.6 Å². The van der Waals surface area contributed by atoms with Crippen molar-refractivity contribution in [2.75, 3.05) is 25.0 Å². The first kappa shape index (κ1) is 22.6. The maximum Gasteiger partial charge on any atom is 0.191 e. The summed E-state index contributed by atoms with van der Waals surface area (Å²) in [5, 5.41) is 10.5. The van der Waals surface area contributed by atoms with Gasteiger partial charge in [0.15, 0.2) is 5.96 Å². The van der Waals surface area contributed by atoms with Gasteiger partial charge in [-0.15, -0.1) is 35.3 Å². The fourth-order valence-corrected chi connectivity index (χ4v) is 4.46. The van der Waals surface area contributed by atoms with E-state index in [1.54, 1.807) is 0 Å². The van der Waals surface area contributed by atoms with E-state index < -0.39 is 0 Å². The molecule has 0 radical (unpaired) electrons. The Balaban J connectivity index is 0.00000256. The van der Waals surface area contributed by atoms with Crippen molar-refractivity contribution in [1.82, 2.24) is 20.2 Å². The highest BCUT2D eigenvalue weighted by atomic mass is 127. The van der Waals surface area contributed by atoms with Gasteiger partial charge in [0, 0.05) is 45.1 Å². The molecule has 0 unspecified atom stereocenters. The number of nitrogens with one attached hydrogen (secondary N) is 2. The van der Waals surface area contributed by atoms with Crippen molar-refractivity contribution in [1.29, 1.82) is 0 Å². The summed E-state index contributed by atoms with van der Waals surface area (Å²) in [7, 11) is 1.83. The number of imidazole rings is 1. The summed E-state index contributed by atoms with van der Waals surface area (Å²) in [4.78, 5) is 11.4. The summed E-state index contributed by atoms with van der Waals surface area (Å²) in [6.45, 7) is 3.63. The number of benzene rings is 1. The van der Waals surface area contributed by atoms with Gasteiger partial charge in [0.1, 0.15) is 5.82 Å². The van der Waals surface area contributed by atoms with Crippen LogP contribution in [0, 0.1) is 0 Å². The average molecular weight is 536 g/mol. The van der Waals surface area contributed by atoms with E-state index in [9.17, 15) is 0 Å². The summed E-state index contributed by atoms with van der Waals surface area (Å²) in [5.41, 5.74) is 1.27. The van der Waals surface area contributed by atoms with E-state index in [1.165, 1.54) is 10.6 Å². The van der Waals surface area contributed by atoms with Gasteiger partial charge in [0.25, 0.3) is 0 Å². The molecule has 0 bridgehead atoms. The monoisotopic (exact) mass is 536 g/mol. The molecule has 0 amide bonds. The highest BCUT2D eigenvalue weighted by Gasteiger charge is 2.20. The first-order valence-electron chi connectivity index (χ1n) is 10.1. The van der Waals surface area contributed by atoms with Crippen LogP contribution in [0.5, 0.6) is 0 Å². The van der Waals surface area contributed by atoms with Gasteiger partial charge in [-0.2, -0.15) is 0 Å². The lowest BCUT2D eigenvalue weighted by molar-refractivity contribution is 0.462. The van der Waals surface area contributed by atoms with Crippen LogP contribution in [0.1, 0.15) is 24.2 Å². The highest BCUT2D eigenvalue weighted by Crippen LogP contribution is 2.24. The number of hydrogen-bond donors (Lipinski definition) is 2. The predicted molar refractivity (Wildman–Crippen MR) is 136 cm³/mol. The molecule has 1 aliphatic rings. The van der Waals surface area contributed by atoms with Gasteiger partial charge < -0.3 is 20.1 Å². The third kappa shape index (κ3) is 5.98. The molecule has 3 aromatic rings. The van der Waals surface area contributed by atoms with Gasteiger partial charge in [-0.3, -0.25) is 4.99 Å². The second-order valence-corrected chi connectivity index (χ2v) is 8.17. The molecule has 1 aliphatic heterocycles. The maximum absolute atomic E-state index is 4.52. The van der Waals surface area contributed by atoms with Crippen LogP contribution in [-0.4, -0.2) is 41.7 Å². The van der Waals surface area contributed by atoms with E-state index in [0.717, 1.165) is 44.3 Å². The lowest BCUT2D eigenvalue weighted by Gasteiger charge is -2.33. The zero-order valence-corrected chi connectivity index (χ0v) is 20.3. The Morgan fingerprint density at radius 1 is 1.17 bits per heavy atom. The number of nitrogens with zero attached hydrogens (tertiary/aromatic N) is 4. The van der Waals surface area contributed by atoms with Crippen molar-refractivity contribution >= 4 is 46.3 Å². The van der Waals surface area contributed by atoms with E-state index in [0.29, 0.717) is 12.6 Å². The van der Waals surface area contributed by atoms with Crippen LogP contribution >= 0.6 is 35.3 Å². The molecule has 0 aliphatic carbocycles. The van der Waals surface area contributed by atoms with Crippen LogP contribution in [0.15, 0.2) is 65.2 Å². The van der Waals surface area contributed by atoms with Crippen LogP contribution in [0.3, 0.4) is 0 Å². The second kappa shape index (κ2) is 11.4. The highest BCUT2D eigenvalue weighted by molar-refractivity contribution is 14.0. The summed E-state index contributed by atoms with van der Waals surface area (Å²) in [6.07, 6.45) is 6.11. The first-order chi connectivity index (χ1) is 14.3. The molecule has 0 spiro atoms. The molecule has 8 heteroatoms. The van der Waals surface area contributed by atoms with Crippen molar-refractivity contribution in [3.8, 4) is 0 Å². The number of aromatic nitrogens is 2. The predicted octanol–water partition coefficient (Wildman–Crippen LogP) is 3.94. The Kier molecular flexibility index (Phi) is 8.56. The molecule has 1 fully saturated rings. The molecular weight excluding hydrogens is 507 g/mol. The molecule has 1 saturated heterocycles. The Hall–Kier alpha value is -2.07. The minimum atomic E-state index is 0. The summed E-state index contributed by atoms with van der Waals surface area (Å²) in [6, 6.07) is 15.2. The van der Waals surface area contributed by atoms with E-state index >= 15 is 0 Å². The molecule has 3 heterocycles. The Bertz CT molecular complexity index is 901. The Labute approximate surface area is 199 Å². The average Bonchev–Trinajstić information content (AvgIpc) is 3.45. The smallest absolute Gasteiger partial charge is 0.191 e. The fraction of sp³-hybridized carbons (Fsp3) is 0.364. The number of aliphatic imine (C=N–C) groups is 1. The third-order valence-corrected chi connectivity index (χ3v) is 6.22. The summed E-state index contributed by atoms with van der Waals surface area (Å²) < 4.78 is 2.18. The van der Waals surface area contributed by atoms with E-state index in [-0.39, 0.29) is 24.0 Å². The van der Waals surface area contributed by atoms with Crippen LogP contribution in [-0.2, 0) is 13.1 Å². The standard InChI is InChI=1S/C22H28N6S.HI/c1-23-22(26-19-9-12-27(13-10-19)21-8-5-15-29-21)25-16-20-24-11-14-28(20)17-18-6-3-2-4-7-18;/h2-8,11,14-15,19H,9-10,12-13,16-17H2,1H3,(H2,23,25,26);1H. The number of anilines is 1. The van der Waals surface area contributed by atoms with E-state index in [2.05, 4.69) is 71.9 Å². The molecule has 0 saturated carbocycles. The van der Waals surface area contributed by atoms with Crippen molar-refractivity contribution in [2.45, 2.75) is 32.0 Å². The van der Waals surface area contributed by atoms with Crippen LogP contribution in [0.4, 0.5) is 5.00 Å². The topological polar surface area (TPSA) is 57.5 Å². The zero-order chi connectivity index (χ0) is 19.9. The SMILES string of the molecule is CN=C(NCc1nccn1Cc1ccccc1)NC1CCN(c2cccs2)CC1.I. The number of piperidine rings is 1. The van der Waals surface area contributed by atoms with Gasteiger partial charge >= 0.3 is 0 Å². The molecule has 2 N–H and O–H groups in total.